The van der Waals surface area contributed by atoms with Gasteiger partial charge in [-0.25, -0.2) is 22.9 Å². The summed E-state index contributed by atoms with van der Waals surface area (Å²) < 4.78 is 38.1. The van der Waals surface area contributed by atoms with Crippen molar-refractivity contribution in [3.63, 3.8) is 0 Å². The molecule has 1 aromatic carbocycles. The van der Waals surface area contributed by atoms with E-state index in [0.29, 0.717) is 16.0 Å². The minimum atomic E-state index is -4.01. The van der Waals surface area contributed by atoms with Crippen LogP contribution in [0.2, 0.25) is 5.02 Å². The van der Waals surface area contributed by atoms with Crippen LogP contribution >= 0.6 is 22.9 Å². The van der Waals surface area contributed by atoms with Gasteiger partial charge in [0.2, 0.25) is 4.34 Å². The molecule has 0 fully saturated rings. The van der Waals surface area contributed by atoms with Gasteiger partial charge in [-0.1, -0.05) is 11.6 Å². The average Bonchev–Trinajstić information content (AvgIpc) is 3.05. The van der Waals surface area contributed by atoms with Crippen molar-refractivity contribution in [1.29, 1.82) is 0 Å². The maximum Gasteiger partial charge on any atom is 0.410 e. The van der Waals surface area contributed by atoms with Crippen LogP contribution in [0, 0.1) is 0 Å². The van der Waals surface area contributed by atoms with E-state index in [-0.39, 0.29) is 22.5 Å². The lowest BCUT2D eigenvalue weighted by atomic mass is 10.2. The van der Waals surface area contributed by atoms with Crippen LogP contribution in [0.3, 0.4) is 0 Å². The van der Waals surface area contributed by atoms with Gasteiger partial charge in [0.15, 0.2) is 0 Å². The standard InChI is InChI=1S/C17H22ClN3O7S2/c1-17(2,3)28-16(24)21(9-12(22)23)8-7-19-30(25,26)15-20-14-11(29-15)6-5-10(27-4)13(14)18/h5-6,19H,7-9H2,1-4H3,(H,22,23). The van der Waals surface area contributed by atoms with Gasteiger partial charge in [0.25, 0.3) is 10.0 Å². The number of carbonyl (C=O) groups is 2. The molecule has 0 aliphatic carbocycles. The first kappa shape index (κ1) is 24.1. The summed E-state index contributed by atoms with van der Waals surface area (Å²) in [7, 11) is -2.58. The van der Waals surface area contributed by atoms with Crippen molar-refractivity contribution in [1.82, 2.24) is 14.6 Å². The number of rotatable bonds is 8. The molecule has 2 N–H and O–H groups in total. The van der Waals surface area contributed by atoms with E-state index in [1.807, 2.05) is 0 Å². The second-order valence-electron chi connectivity index (χ2n) is 7.10. The van der Waals surface area contributed by atoms with E-state index in [4.69, 9.17) is 26.2 Å². The Morgan fingerprint density at radius 2 is 2.00 bits per heavy atom. The lowest BCUT2D eigenvalue weighted by Crippen LogP contribution is -2.43. The van der Waals surface area contributed by atoms with E-state index in [1.54, 1.807) is 32.9 Å². The van der Waals surface area contributed by atoms with Crippen molar-refractivity contribution in [3.8, 4) is 5.75 Å². The Balaban J connectivity index is 2.12. The third-order valence-corrected chi connectivity index (χ3v) is 6.77. The van der Waals surface area contributed by atoms with Gasteiger partial charge >= 0.3 is 12.1 Å². The zero-order valence-electron chi connectivity index (χ0n) is 16.8. The third kappa shape index (κ3) is 6.17. The summed E-state index contributed by atoms with van der Waals surface area (Å²) in [5, 5.41) is 9.20. The molecule has 0 aliphatic heterocycles. The van der Waals surface area contributed by atoms with Crippen molar-refractivity contribution in [3.05, 3.63) is 17.2 Å². The molecule has 13 heteroatoms. The summed E-state index contributed by atoms with van der Waals surface area (Å²) in [4.78, 5) is 28.2. The Morgan fingerprint density at radius 3 is 2.57 bits per heavy atom. The first-order chi connectivity index (χ1) is 13.8. The molecule has 2 rings (SSSR count). The van der Waals surface area contributed by atoms with Crippen molar-refractivity contribution >= 4 is 55.2 Å². The van der Waals surface area contributed by atoms with Crippen molar-refractivity contribution < 1.29 is 32.6 Å². The minimum absolute atomic E-state index is 0.199. The molecular formula is C17H22ClN3O7S2. The highest BCUT2D eigenvalue weighted by atomic mass is 35.5. The topological polar surface area (TPSA) is 135 Å². The molecule has 2 aromatic rings. The van der Waals surface area contributed by atoms with Crippen LogP contribution in [0.15, 0.2) is 16.5 Å². The highest BCUT2D eigenvalue weighted by Gasteiger charge is 2.25. The first-order valence-electron chi connectivity index (χ1n) is 8.66. The largest absolute Gasteiger partial charge is 0.495 e. The van der Waals surface area contributed by atoms with Crippen LogP contribution in [-0.4, -0.2) is 67.8 Å². The zero-order chi connectivity index (χ0) is 22.7. The number of carbonyl (C=O) groups excluding carboxylic acids is 1. The summed E-state index contributed by atoms with van der Waals surface area (Å²) in [6.45, 7) is 3.84. The Hall–Kier alpha value is -2.15. The van der Waals surface area contributed by atoms with E-state index in [9.17, 15) is 18.0 Å². The maximum absolute atomic E-state index is 12.6. The number of carboxylic acids is 1. The van der Waals surface area contributed by atoms with Gasteiger partial charge < -0.3 is 14.6 Å². The van der Waals surface area contributed by atoms with Gasteiger partial charge in [-0.2, -0.15) is 0 Å². The number of benzene rings is 1. The van der Waals surface area contributed by atoms with Crippen LogP contribution in [0.5, 0.6) is 5.75 Å². The van der Waals surface area contributed by atoms with Crippen LogP contribution in [-0.2, 0) is 19.6 Å². The monoisotopic (exact) mass is 479 g/mol. The Labute approximate surface area is 182 Å². The molecule has 0 bridgehead atoms. The van der Waals surface area contributed by atoms with Crippen LogP contribution in [0.4, 0.5) is 4.79 Å². The Bertz CT molecular complexity index is 1050. The quantitative estimate of drug-likeness (QED) is 0.589. The fourth-order valence-corrected chi connectivity index (χ4v) is 4.92. The number of thiazole rings is 1. The van der Waals surface area contributed by atoms with Crippen molar-refractivity contribution in [2.75, 3.05) is 26.7 Å². The summed E-state index contributed by atoms with van der Waals surface area (Å²) in [6.07, 6.45) is -0.858. The highest BCUT2D eigenvalue weighted by Crippen LogP contribution is 2.36. The number of hydrogen-bond donors (Lipinski definition) is 2. The fourth-order valence-electron chi connectivity index (χ4n) is 2.30. The predicted molar refractivity (Wildman–Crippen MR) is 112 cm³/mol. The van der Waals surface area contributed by atoms with Crippen molar-refractivity contribution in [2.45, 2.75) is 30.7 Å². The van der Waals surface area contributed by atoms with Gasteiger partial charge in [-0.15, -0.1) is 11.3 Å². The molecule has 0 unspecified atom stereocenters. The van der Waals surface area contributed by atoms with E-state index in [0.717, 1.165) is 16.2 Å². The van der Waals surface area contributed by atoms with Gasteiger partial charge in [0.1, 0.15) is 28.4 Å². The number of amides is 1. The number of nitrogens with zero attached hydrogens (tertiary/aromatic N) is 2. The molecular weight excluding hydrogens is 458 g/mol. The molecule has 1 aromatic heterocycles. The molecule has 0 saturated heterocycles. The van der Waals surface area contributed by atoms with E-state index >= 15 is 0 Å². The molecule has 1 heterocycles. The van der Waals surface area contributed by atoms with Gasteiger partial charge in [-0.3, -0.25) is 9.69 Å². The second kappa shape index (κ2) is 9.33. The van der Waals surface area contributed by atoms with E-state index < -0.39 is 34.2 Å². The lowest BCUT2D eigenvalue weighted by molar-refractivity contribution is -0.138. The molecule has 10 nitrogen and oxygen atoms in total. The number of methoxy groups -OCH3 is 1. The molecule has 166 valence electrons. The molecule has 0 spiro atoms. The molecule has 0 aliphatic rings. The van der Waals surface area contributed by atoms with E-state index in [2.05, 4.69) is 9.71 Å². The van der Waals surface area contributed by atoms with Crippen LogP contribution in [0.25, 0.3) is 10.2 Å². The smallest absolute Gasteiger partial charge is 0.410 e. The highest BCUT2D eigenvalue weighted by molar-refractivity contribution is 7.91. The maximum atomic E-state index is 12.6. The molecule has 0 radical (unpaired) electrons. The SMILES string of the molecule is COc1ccc2sc(S(=O)(=O)NCCN(CC(=O)O)C(=O)OC(C)(C)C)nc2c1Cl. The Kier molecular flexibility index (Phi) is 7.50. The molecule has 0 atom stereocenters. The minimum Gasteiger partial charge on any atom is -0.495 e. The van der Waals surface area contributed by atoms with E-state index in [1.165, 1.54) is 7.11 Å². The van der Waals surface area contributed by atoms with Gasteiger partial charge in [0.05, 0.1) is 11.8 Å². The number of nitrogens with one attached hydrogen (secondary N) is 1. The number of carboxylic acid groups (broad SMARTS) is 1. The normalized spacial score (nSPS) is 12.0. The van der Waals surface area contributed by atoms with Gasteiger partial charge in [-0.05, 0) is 32.9 Å². The summed E-state index contributed by atoms with van der Waals surface area (Å²) in [6, 6.07) is 3.26. The number of aliphatic carboxylic acids is 1. The van der Waals surface area contributed by atoms with Gasteiger partial charge in [0, 0.05) is 13.1 Å². The first-order valence-corrected chi connectivity index (χ1v) is 11.3. The summed E-state index contributed by atoms with van der Waals surface area (Å²) >= 11 is 7.10. The number of sulfonamides is 1. The third-order valence-electron chi connectivity index (χ3n) is 3.55. The fraction of sp³-hybridized carbons (Fsp3) is 0.471. The predicted octanol–water partition coefficient (Wildman–Crippen LogP) is 2.56. The Morgan fingerprint density at radius 1 is 1.33 bits per heavy atom. The zero-order valence-corrected chi connectivity index (χ0v) is 19.2. The lowest BCUT2D eigenvalue weighted by Gasteiger charge is -2.26. The number of fused-ring (bicyclic) bond motifs is 1. The number of halogens is 1. The second-order valence-corrected chi connectivity index (χ2v) is 10.5. The molecule has 30 heavy (non-hydrogen) atoms. The summed E-state index contributed by atoms with van der Waals surface area (Å²) in [5.41, 5.74) is -0.531. The molecule has 1 amide bonds. The number of hydrogen-bond acceptors (Lipinski definition) is 8. The van der Waals surface area contributed by atoms with Crippen LogP contribution < -0.4 is 9.46 Å². The number of aromatic nitrogens is 1. The average molecular weight is 480 g/mol. The number of ether oxygens (including phenoxy) is 2. The summed E-state index contributed by atoms with van der Waals surface area (Å²) in [5.74, 6) is -0.883. The van der Waals surface area contributed by atoms with Crippen LogP contribution in [0.1, 0.15) is 20.8 Å². The van der Waals surface area contributed by atoms with Crippen molar-refractivity contribution in [2.24, 2.45) is 0 Å². The molecule has 0 saturated carbocycles.